The molecule has 1 N–H and O–H groups in total. The van der Waals surface area contributed by atoms with Crippen LogP contribution in [0.3, 0.4) is 0 Å². The van der Waals surface area contributed by atoms with Gasteiger partial charge in [0.25, 0.3) is 0 Å². The molecular formula is C16H17F2N. The third kappa shape index (κ3) is 3.53. The summed E-state index contributed by atoms with van der Waals surface area (Å²) < 4.78 is 26.5. The van der Waals surface area contributed by atoms with E-state index in [2.05, 4.69) is 25.2 Å². The Morgan fingerprint density at radius 3 is 2.58 bits per heavy atom. The molecule has 0 saturated carbocycles. The van der Waals surface area contributed by atoms with Crippen LogP contribution in [-0.2, 0) is 6.54 Å². The van der Waals surface area contributed by atoms with E-state index in [0.717, 1.165) is 17.8 Å². The van der Waals surface area contributed by atoms with Gasteiger partial charge in [-0.15, -0.1) is 0 Å². The smallest absolute Gasteiger partial charge is 0.128 e. The van der Waals surface area contributed by atoms with Crippen molar-refractivity contribution >= 4 is 5.69 Å². The Morgan fingerprint density at radius 1 is 1.05 bits per heavy atom. The van der Waals surface area contributed by atoms with E-state index in [4.69, 9.17) is 0 Å². The number of benzene rings is 2. The molecule has 0 aliphatic carbocycles. The summed E-state index contributed by atoms with van der Waals surface area (Å²) in [6, 6.07) is 11.5. The molecule has 0 saturated heterocycles. The normalized spacial score (nSPS) is 10.8. The first kappa shape index (κ1) is 13.5. The molecule has 100 valence electrons. The minimum atomic E-state index is -0.422. The molecule has 1 nitrogen and oxygen atoms in total. The molecule has 2 rings (SSSR count). The molecule has 2 aromatic carbocycles. The van der Waals surface area contributed by atoms with E-state index in [1.165, 1.54) is 11.6 Å². The van der Waals surface area contributed by atoms with Crippen molar-refractivity contribution < 1.29 is 8.78 Å². The van der Waals surface area contributed by atoms with E-state index in [-0.39, 0.29) is 6.54 Å². The number of anilines is 1. The number of hydrogen-bond acceptors (Lipinski definition) is 1. The van der Waals surface area contributed by atoms with Crippen LogP contribution >= 0.6 is 0 Å². The lowest BCUT2D eigenvalue weighted by Crippen LogP contribution is -2.03. The topological polar surface area (TPSA) is 12.0 Å². The molecular weight excluding hydrogens is 244 g/mol. The van der Waals surface area contributed by atoms with Gasteiger partial charge in [0.1, 0.15) is 11.6 Å². The van der Waals surface area contributed by atoms with E-state index in [1.807, 2.05) is 18.2 Å². The molecule has 0 heterocycles. The first-order chi connectivity index (χ1) is 9.06. The maximum atomic E-state index is 13.5. The highest BCUT2D eigenvalue weighted by Gasteiger charge is 2.04. The molecule has 0 spiro atoms. The third-order valence-corrected chi connectivity index (χ3v) is 3.04. The molecule has 0 fully saturated rings. The lowest BCUT2D eigenvalue weighted by molar-refractivity contribution is 0.587. The van der Waals surface area contributed by atoms with Gasteiger partial charge in [-0.25, -0.2) is 8.78 Å². The molecule has 0 aromatic heterocycles. The Labute approximate surface area is 112 Å². The number of hydrogen-bond donors (Lipinski definition) is 1. The quantitative estimate of drug-likeness (QED) is 0.841. The second kappa shape index (κ2) is 5.83. The van der Waals surface area contributed by atoms with Gasteiger partial charge < -0.3 is 5.32 Å². The predicted octanol–water partition coefficient (Wildman–Crippen LogP) is 4.70. The Hall–Kier alpha value is -1.90. The van der Waals surface area contributed by atoms with Gasteiger partial charge in [0.2, 0.25) is 0 Å². The number of halogens is 2. The van der Waals surface area contributed by atoms with Crippen LogP contribution in [0.15, 0.2) is 42.5 Å². The Balaban J connectivity index is 2.10. The van der Waals surface area contributed by atoms with Gasteiger partial charge in [0.15, 0.2) is 0 Å². The molecule has 0 bridgehead atoms. The molecule has 0 aliphatic heterocycles. The third-order valence-electron chi connectivity index (χ3n) is 3.04. The van der Waals surface area contributed by atoms with Crippen LogP contribution in [0.5, 0.6) is 0 Å². The lowest BCUT2D eigenvalue weighted by atomic mass is 10.0. The van der Waals surface area contributed by atoms with Crippen molar-refractivity contribution in [3.8, 4) is 0 Å². The zero-order valence-electron chi connectivity index (χ0n) is 11.1. The Bertz CT molecular complexity index is 564. The fourth-order valence-electron chi connectivity index (χ4n) is 1.88. The SMILES string of the molecule is CC(C)c1cccc(NCc2cc(F)ccc2F)c1. The summed E-state index contributed by atoms with van der Waals surface area (Å²) in [4.78, 5) is 0. The van der Waals surface area contributed by atoms with E-state index < -0.39 is 11.6 Å². The van der Waals surface area contributed by atoms with Crippen LogP contribution in [0, 0.1) is 11.6 Å². The van der Waals surface area contributed by atoms with Crippen LogP contribution in [0.4, 0.5) is 14.5 Å². The average Bonchev–Trinajstić information content (AvgIpc) is 2.40. The first-order valence-corrected chi connectivity index (χ1v) is 6.34. The number of nitrogens with one attached hydrogen (secondary N) is 1. The molecule has 3 heteroatoms. The van der Waals surface area contributed by atoms with Crippen LogP contribution in [0.2, 0.25) is 0 Å². The fraction of sp³-hybridized carbons (Fsp3) is 0.250. The molecule has 19 heavy (non-hydrogen) atoms. The highest BCUT2D eigenvalue weighted by atomic mass is 19.1. The van der Waals surface area contributed by atoms with Gasteiger partial charge in [-0.05, 0) is 41.8 Å². The van der Waals surface area contributed by atoms with Crippen LogP contribution < -0.4 is 5.32 Å². The van der Waals surface area contributed by atoms with Crippen LogP contribution in [-0.4, -0.2) is 0 Å². The molecule has 0 amide bonds. The molecule has 0 unspecified atom stereocenters. The zero-order valence-corrected chi connectivity index (χ0v) is 11.1. The lowest BCUT2D eigenvalue weighted by Gasteiger charge is -2.11. The standard InChI is InChI=1S/C16H17F2N/c1-11(2)12-4-3-5-15(9-12)19-10-13-8-14(17)6-7-16(13)18/h3-9,11,19H,10H2,1-2H3. The molecule has 0 radical (unpaired) electrons. The van der Waals surface area contributed by atoms with Gasteiger partial charge >= 0.3 is 0 Å². The summed E-state index contributed by atoms with van der Waals surface area (Å²) in [5.74, 6) is -0.379. The zero-order chi connectivity index (χ0) is 13.8. The number of rotatable bonds is 4. The van der Waals surface area contributed by atoms with E-state index in [1.54, 1.807) is 0 Å². The minimum absolute atomic E-state index is 0.269. The van der Waals surface area contributed by atoms with Crippen molar-refractivity contribution in [1.29, 1.82) is 0 Å². The van der Waals surface area contributed by atoms with Crippen molar-refractivity contribution in [2.24, 2.45) is 0 Å². The summed E-state index contributed by atoms with van der Waals surface area (Å²) in [6.07, 6.45) is 0. The second-order valence-corrected chi connectivity index (χ2v) is 4.87. The van der Waals surface area contributed by atoms with Gasteiger partial charge in [0.05, 0.1) is 0 Å². The van der Waals surface area contributed by atoms with Crippen molar-refractivity contribution in [3.63, 3.8) is 0 Å². The van der Waals surface area contributed by atoms with Gasteiger partial charge in [0, 0.05) is 17.8 Å². The Kier molecular flexibility index (Phi) is 4.15. The summed E-state index contributed by atoms with van der Waals surface area (Å²) in [5, 5.41) is 3.12. The first-order valence-electron chi connectivity index (χ1n) is 6.34. The monoisotopic (exact) mass is 261 g/mol. The van der Waals surface area contributed by atoms with Gasteiger partial charge in [-0.1, -0.05) is 26.0 Å². The van der Waals surface area contributed by atoms with Crippen LogP contribution in [0.25, 0.3) is 0 Å². The van der Waals surface area contributed by atoms with E-state index in [9.17, 15) is 8.78 Å². The van der Waals surface area contributed by atoms with E-state index >= 15 is 0 Å². The highest BCUT2D eigenvalue weighted by Crippen LogP contribution is 2.19. The van der Waals surface area contributed by atoms with Crippen LogP contribution in [0.1, 0.15) is 30.9 Å². The maximum Gasteiger partial charge on any atom is 0.128 e. The van der Waals surface area contributed by atoms with Crippen molar-refractivity contribution in [1.82, 2.24) is 0 Å². The van der Waals surface area contributed by atoms with Gasteiger partial charge in [-0.3, -0.25) is 0 Å². The predicted molar refractivity (Wildman–Crippen MR) is 74.2 cm³/mol. The fourth-order valence-corrected chi connectivity index (χ4v) is 1.88. The van der Waals surface area contributed by atoms with Crippen molar-refractivity contribution in [3.05, 3.63) is 65.2 Å². The molecule has 0 atom stereocenters. The highest BCUT2D eigenvalue weighted by molar-refractivity contribution is 5.47. The summed E-state index contributed by atoms with van der Waals surface area (Å²) in [7, 11) is 0. The maximum absolute atomic E-state index is 13.5. The summed E-state index contributed by atoms with van der Waals surface area (Å²) >= 11 is 0. The van der Waals surface area contributed by atoms with Crippen molar-refractivity contribution in [2.45, 2.75) is 26.3 Å². The summed E-state index contributed by atoms with van der Waals surface area (Å²) in [5.41, 5.74) is 2.45. The second-order valence-electron chi connectivity index (χ2n) is 4.87. The molecule has 2 aromatic rings. The Morgan fingerprint density at radius 2 is 1.84 bits per heavy atom. The van der Waals surface area contributed by atoms with Gasteiger partial charge in [-0.2, -0.15) is 0 Å². The molecule has 0 aliphatic rings. The minimum Gasteiger partial charge on any atom is -0.381 e. The van der Waals surface area contributed by atoms with E-state index in [0.29, 0.717) is 11.5 Å². The average molecular weight is 261 g/mol. The summed E-state index contributed by atoms with van der Waals surface area (Å²) in [6.45, 7) is 4.50. The van der Waals surface area contributed by atoms with Crippen molar-refractivity contribution in [2.75, 3.05) is 5.32 Å². The largest absolute Gasteiger partial charge is 0.381 e.